The molecule has 0 atom stereocenters. The fourth-order valence-electron chi connectivity index (χ4n) is 2.43. The van der Waals surface area contributed by atoms with Gasteiger partial charge in [-0.05, 0) is 42.7 Å². The summed E-state index contributed by atoms with van der Waals surface area (Å²) in [6.45, 7) is 2.94. The molecule has 0 unspecified atom stereocenters. The van der Waals surface area contributed by atoms with Gasteiger partial charge in [0.2, 0.25) is 5.91 Å². The van der Waals surface area contributed by atoms with E-state index in [0.29, 0.717) is 26.0 Å². The van der Waals surface area contributed by atoms with E-state index < -0.39 is 5.97 Å². The summed E-state index contributed by atoms with van der Waals surface area (Å²) >= 11 is 0. The van der Waals surface area contributed by atoms with Crippen LogP contribution in [0, 0.1) is 6.92 Å². The number of carbonyl (C=O) groups is 2. The molecule has 0 saturated heterocycles. The molecule has 0 aromatic heterocycles. The Morgan fingerprint density at radius 2 is 1.76 bits per heavy atom. The zero-order chi connectivity index (χ0) is 18.2. The number of hydrogen-bond donors (Lipinski definition) is 1. The Kier molecular flexibility index (Phi) is 6.57. The van der Waals surface area contributed by atoms with Gasteiger partial charge in [0, 0.05) is 20.0 Å². The second-order valence-electron chi connectivity index (χ2n) is 5.97. The van der Waals surface area contributed by atoms with E-state index in [9.17, 15) is 9.59 Å². The van der Waals surface area contributed by atoms with Crippen LogP contribution >= 0.6 is 0 Å². The molecule has 0 spiro atoms. The number of carbonyl (C=O) groups excluding carboxylic acids is 1. The van der Waals surface area contributed by atoms with E-state index in [0.717, 1.165) is 16.9 Å². The first-order valence-corrected chi connectivity index (χ1v) is 8.22. The van der Waals surface area contributed by atoms with Gasteiger partial charge in [0.15, 0.2) is 0 Å². The van der Waals surface area contributed by atoms with Gasteiger partial charge in [-0.15, -0.1) is 0 Å². The second-order valence-corrected chi connectivity index (χ2v) is 5.97. The van der Waals surface area contributed by atoms with Crippen molar-refractivity contribution in [3.05, 3.63) is 65.2 Å². The van der Waals surface area contributed by atoms with Crippen molar-refractivity contribution in [1.29, 1.82) is 0 Å². The van der Waals surface area contributed by atoms with Crippen molar-refractivity contribution in [3.8, 4) is 5.75 Å². The van der Waals surface area contributed by atoms with Crippen molar-refractivity contribution in [2.24, 2.45) is 0 Å². The lowest BCUT2D eigenvalue weighted by Crippen LogP contribution is -2.26. The molecule has 0 aliphatic carbocycles. The van der Waals surface area contributed by atoms with Gasteiger partial charge in [0.25, 0.3) is 0 Å². The summed E-state index contributed by atoms with van der Waals surface area (Å²) in [6, 6.07) is 14.4. The van der Waals surface area contributed by atoms with Gasteiger partial charge in [-0.1, -0.05) is 30.3 Å². The molecule has 25 heavy (non-hydrogen) atoms. The van der Waals surface area contributed by atoms with Crippen molar-refractivity contribution in [1.82, 2.24) is 4.90 Å². The molecule has 0 bridgehead atoms. The molecule has 2 aromatic rings. The van der Waals surface area contributed by atoms with E-state index in [1.807, 2.05) is 31.2 Å². The molecule has 0 aliphatic heterocycles. The number of carboxylic acids is 1. The largest absolute Gasteiger partial charge is 0.493 e. The molecule has 2 rings (SSSR count). The van der Waals surface area contributed by atoms with E-state index in [-0.39, 0.29) is 11.5 Å². The first-order chi connectivity index (χ1) is 12.0. The predicted octanol–water partition coefficient (Wildman–Crippen LogP) is 3.51. The van der Waals surface area contributed by atoms with E-state index in [1.165, 1.54) is 0 Å². The van der Waals surface area contributed by atoms with Gasteiger partial charge in [-0.25, -0.2) is 4.79 Å². The Hall–Kier alpha value is -2.82. The Morgan fingerprint density at radius 1 is 1.08 bits per heavy atom. The van der Waals surface area contributed by atoms with Crippen LogP contribution in [0.3, 0.4) is 0 Å². The molecule has 5 nitrogen and oxygen atoms in total. The number of nitrogens with zero attached hydrogens (tertiary/aromatic N) is 1. The molecule has 132 valence electrons. The van der Waals surface area contributed by atoms with Crippen LogP contribution in [0.2, 0.25) is 0 Å². The molecule has 0 aliphatic rings. The second kappa shape index (κ2) is 8.87. The third-order valence-electron chi connectivity index (χ3n) is 3.93. The minimum atomic E-state index is -0.954. The van der Waals surface area contributed by atoms with Crippen LogP contribution in [0.4, 0.5) is 0 Å². The third-order valence-corrected chi connectivity index (χ3v) is 3.93. The molecule has 1 amide bonds. The standard InChI is InChI=1S/C20H23NO4/c1-15-6-3-4-7-18(15)25-13-5-8-19(22)21(2)14-16-9-11-17(12-10-16)20(23)24/h3-4,6-7,9-12H,5,8,13-14H2,1-2H3,(H,23,24). The van der Waals surface area contributed by atoms with Crippen molar-refractivity contribution < 1.29 is 19.4 Å². The van der Waals surface area contributed by atoms with Crippen LogP contribution in [0.25, 0.3) is 0 Å². The highest BCUT2D eigenvalue weighted by Gasteiger charge is 2.10. The number of aryl methyl sites for hydroxylation is 1. The maximum Gasteiger partial charge on any atom is 0.335 e. The van der Waals surface area contributed by atoms with Gasteiger partial charge in [-0.3, -0.25) is 4.79 Å². The van der Waals surface area contributed by atoms with Gasteiger partial charge >= 0.3 is 5.97 Å². The van der Waals surface area contributed by atoms with Gasteiger partial charge in [0.05, 0.1) is 12.2 Å². The van der Waals surface area contributed by atoms with Crippen LogP contribution in [-0.4, -0.2) is 35.5 Å². The molecular formula is C20H23NO4. The Balaban J connectivity index is 1.74. The monoisotopic (exact) mass is 341 g/mol. The lowest BCUT2D eigenvalue weighted by molar-refractivity contribution is -0.130. The number of hydrogen-bond acceptors (Lipinski definition) is 3. The summed E-state index contributed by atoms with van der Waals surface area (Å²) in [6.07, 6.45) is 1.06. The summed E-state index contributed by atoms with van der Waals surface area (Å²) in [5, 5.41) is 8.89. The molecule has 0 radical (unpaired) electrons. The van der Waals surface area contributed by atoms with Crippen molar-refractivity contribution >= 4 is 11.9 Å². The molecule has 2 aromatic carbocycles. The SMILES string of the molecule is Cc1ccccc1OCCCC(=O)N(C)Cc1ccc(C(=O)O)cc1. The number of amides is 1. The first kappa shape index (κ1) is 18.5. The van der Waals surface area contributed by atoms with Crippen molar-refractivity contribution in [2.75, 3.05) is 13.7 Å². The Labute approximate surface area is 147 Å². The van der Waals surface area contributed by atoms with Gasteiger partial charge in [0.1, 0.15) is 5.75 Å². The van der Waals surface area contributed by atoms with Crippen LogP contribution in [-0.2, 0) is 11.3 Å². The highest BCUT2D eigenvalue weighted by molar-refractivity contribution is 5.87. The zero-order valence-corrected chi connectivity index (χ0v) is 14.6. The number of carboxylic acid groups (broad SMARTS) is 1. The molecule has 5 heteroatoms. The maximum atomic E-state index is 12.2. The van der Waals surface area contributed by atoms with E-state index in [1.54, 1.807) is 36.2 Å². The number of benzene rings is 2. The molecular weight excluding hydrogens is 318 g/mol. The summed E-state index contributed by atoms with van der Waals surface area (Å²) in [4.78, 5) is 24.7. The Bertz CT molecular complexity index is 725. The molecule has 0 saturated carbocycles. The van der Waals surface area contributed by atoms with Gasteiger partial charge < -0.3 is 14.7 Å². The summed E-state index contributed by atoms with van der Waals surface area (Å²) in [5.74, 6) is -0.0675. The van der Waals surface area contributed by atoms with E-state index in [4.69, 9.17) is 9.84 Å². The van der Waals surface area contributed by atoms with Gasteiger partial charge in [-0.2, -0.15) is 0 Å². The third kappa shape index (κ3) is 5.64. The molecule has 0 fully saturated rings. The highest BCUT2D eigenvalue weighted by Crippen LogP contribution is 2.16. The van der Waals surface area contributed by atoms with Crippen LogP contribution in [0.5, 0.6) is 5.75 Å². The average molecular weight is 341 g/mol. The lowest BCUT2D eigenvalue weighted by atomic mass is 10.1. The summed E-state index contributed by atoms with van der Waals surface area (Å²) in [7, 11) is 1.75. The minimum Gasteiger partial charge on any atom is -0.493 e. The fraction of sp³-hybridized carbons (Fsp3) is 0.300. The van der Waals surface area contributed by atoms with Crippen LogP contribution < -0.4 is 4.74 Å². The minimum absolute atomic E-state index is 0.0377. The predicted molar refractivity (Wildman–Crippen MR) is 95.8 cm³/mol. The Morgan fingerprint density at radius 3 is 2.40 bits per heavy atom. The average Bonchev–Trinajstić information content (AvgIpc) is 2.60. The van der Waals surface area contributed by atoms with Crippen LogP contribution in [0.15, 0.2) is 48.5 Å². The molecule has 1 N–H and O–H groups in total. The summed E-state index contributed by atoms with van der Waals surface area (Å²) < 4.78 is 5.69. The smallest absolute Gasteiger partial charge is 0.335 e. The quantitative estimate of drug-likeness (QED) is 0.746. The number of aromatic carboxylic acids is 1. The van der Waals surface area contributed by atoms with Crippen molar-refractivity contribution in [3.63, 3.8) is 0 Å². The maximum absolute atomic E-state index is 12.2. The highest BCUT2D eigenvalue weighted by atomic mass is 16.5. The summed E-state index contributed by atoms with van der Waals surface area (Å²) in [5.41, 5.74) is 2.22. The van der Waals surface area contributed by atoms with Crippen LogP contribution in [0.1, 0.15) is 34.3 Å². The number of ether oxygens (including phenoxy) is 1. The van der Waals surface area contributed by atoms with E-state index >= 15 is 0 Å². The first-order valence-electron chi connectivity index (χ1n) is 8.22. The topological polar surface area (TPSA) is 66.8 Å². The van der Waals surface area contributed by atoms with Crippen molar-refractivity contribution in [2.45, 2.75) is 26.3 Å². The normalized spacial score (nSPS) is 10.3. The molecule has 0 heterocycles. The zero-order valence-electron chi connectivity index (χ0n) is 14.6. The van der Waals surface area contributed by atoms with E-state index in [2.05, 4.69) is 0 Å². The lowest BCUT2D eigenvalue weighted by Gasteiger charge is -2.17. The fourth-order valence-corrected chi connectivity index (χ4v) is 2.43. The number of para-hydroxylation sites is 1. The number of rotatable bonds is 8.